The van der Waals surface area contributed by atoms with Crippen LogP contribution in [0.5, 0.6) is 0 Å². The second kappa shape index (κ2) is 7.56. The van der Waals surface area contributed by atoms with E-state index in [-0.39, 0.29) is 12.3 Å². The van der Waals surface area contributed by atoms with Crippen LogP contribution in [0.25, 0.3) is 0 Å². The number of rotatable bonds is 5. The van der Waals surface area contributed by atoms with E-state index in [1.807, 2.05) is 29.2 Å². The van der Waals surface area contributed by atoms with Crippen molar-refractivity contribution in [1.82, 2.24) is 9.80 Å². The van der Waals surface area contributed by atoms with Gasteiger partial charge in [0, 0.05) is 42.6 Å². The summed E-state index contributed by atoms with van der Waals surface area (Å²) in [6, 6.07) is 7.39. The summed E-state index contributed by atoms with van der Waals surface area (Å²) in [6.07, 6.45) is 0.869. The molecular weight excluding hydrogens is 336 g/mol. The first-order chi connectivity index (χ1) is 10.1. The van der Waals surface area contributed by atoms with Crippen molar-refractivity contribution in [1.29, 1.82) is 0 Å². The highest BCUT2D eigenvalue weighted by Crippen LogP contribution is 2.13. The van der Waals surface area contributed by atoms with Crippen molar-refractivity contribution >= 4 is 27.8 Å². The minimum absolute atomic E-state index is 0.0627. The Morgan fingerprint density at radius 2 is 1.71 bits per heavy atom. The third-order valence-corrected chi connectivity index (χ3v) is 4.14. The molecule has 1 N–H and O–H groups in total. The number of benzene rings is 1. The monoisotopic (exact) mass is 354 g/mol. The van der Waals surface area contributed by atoms with E-state index in [9.17, 15) is 9.59 Å². The number of hydrogen-bond acceptors (Lipinski definition) is 3. The number of carboxylic acid groups (broad SMARTS) is 1. The summed E-state index contributed by atoms with van der Waals surface area (Å²) in [7, 11) is 0. The quantitative estimate of drug-likeness (QED) is 0.879. The lowest BCUT2D eigenvalue weighted by molar-refractivity contribution is -0.137. The van der Waals surface area contributed by atoms with E-state index < -0.39 is 5.97 Å². The Bertz CT molecular complexity index is 496. The molecule has 1 aromatic rings. The molecule has 1 saturated heterocycles. The molecule has 0 saturated carbocycles. The van der Waals surface area contributed by atoms with Gasteiger partial charge in [-0.15, -0.1) is 0 Å². The molecule has 1 aromatic carbocycles. The molecule has 0 bridgehead atoms. The molecule has 0 spiro atoms. The summed E-state index contributed by atoms with van der Waals surface area (Å²) < 4.78 is 0.960. The van der Waals surface area contributed by atoms with E-state index in [0.29, 0.717) is 25.1 Å². The van der Waals surface area contributed by atoms with E-state index in [1.54, 1.807) is 0 Å². The molecule has 0 aliphatic carbocycles. The average Bonchev–Trinajstić information content (AvgIpc) is 2.48. The van der Waals surface area contributed by atoms with Crippen LogP contribution in [-0.2, 0) is 4.79 Å². The first kappa shape index (κ1) is 16.0. The van der Waals surface area contributed by atoms with Gasteiger partial charge in [-0.25, -0.2) is 0 Å². The van der Waals surface area contributed by atoms with Crippen LogP contribution in [0.15, 0.2) is 28.7 Å². The third-order valence-electron chi connectivity index (χ3n) is 3.62. The molecule has 1 aliphatic rings. The van der Waals surface area contributed by atoms with Crippen molar-refractivity contribution < 1.29 is 14.7 Å². The van der Waals surface area contributed by atoms with Crippen molar-refractivity contribution in [2.24, 2.45) is 0 Å². The zero-order valence-electron chi connectivity index (χ0n) is 11.8. The number of aliphatic carboxylic acids is 1. The minimum atomic E-state index is -0.751. The summed E-state index contributed by atoms with van der Waals surface area (Å²) >= 11 is 3.36. The van der Waals surface area contributed by atoms with Gasteiger partial charge in [0.1, 0.15) is 0 Å². The Morgan fingerprint density at radius 3 is 2.29 bits per heavy atom. The van der Waals surface area contributed by atoms with Crippen molar-refractivity contribution in [2.75, 3.05) is 32.7 Å². The molecular formula is C15H19BrN2O3. The van der Waals surface area contributed by atoms with Gasteiger partial charge in [-0.1, -0.05) is 15.9 Å². The first-order valence-corrected chi connectivity index (χ1v) is 7.84. The van der Waals surface area contributed by atoms with Gasteiger partial charge in [-0.05, 0) is 37.2 Å². The molecule has 2 rings (SSSR count). The first-order valence-electron chi connectivity index (χ1n) is 7.05. The Kier molecular flexibility index (Phi) is 5.76. The summed E-state index contributed by atoms with van der Waals surface area (Å²) in [5.41, 5.74) is 0.706. The summed E-state index contributed by atoms with van der Waals surface area (Å²) in [5.74, 6) is -0.688. The lowest BCUT2D eigenvalue weighted by atomic mass is 10.2. The predicted molar refractivity (Wildman–Crippen MR) is 83.4 cm³/mol. The van der Waals surface area contributed by atoms with Crippen LogP contribution in [0.3, 0.4) is 0 Å². The van der Waals surface area contributed by atoms with Gasteiger partial charge >= 0.3 is 5.97 Å². The van der Waals surface area contributed by atoms with Crippen molar-refractivity contribution in [3.05, 3.63) is 34.3 Å². The van der Waals surface area contributed by atoms with Gasteiger partial charge in [0.2, 0.25) is 0 Å². The van der Waals surface area contributed by atoms with Crippen LogP contribution < -0.4 is 0 Å². The van der Waals surface area contributed by atoms with Crippen molar-refractivity contribution in [3.63, 3.8) is 0 Å². The van der Waals surface area contributed by atoms with Gasteiger partial charge in [0.05, 0.1) is 0 Å². The molecule has 0 aromatic heterocycles. The fourth-order valence-electron chi connectivity index (χ4n) is 2.40. The predicted octanol–water partition coefficient (Wildman–Crippen LogP) is 2.07. The van der Waals surface area contributed by atoms with E-state index in [2.05, 4.69) is 20.8 Å². The molecule has 5 nitrogen and oxygen atoms in total. The molecule has 0 unspecified atom stereocenters. The van der Waals surface area contributed by atoms with E-state index in [1.165, 1.54) is 0 Å². The Labute approximate surface area is 132 Å². The number of hydrogen-bond donors (Lipinski definition) is 1. The highest BCUT2D eigenvalue weighted by atomic mass is 79.9. The number of carboxylic acids is 1. The SMILES string of the molecule is O=C(O)CCCN1CCN(C(=O)c2ccc(Br)cc2)CC1. The highest BCUT2D eigenvalue weighted by molar-refractivity contribution is 9.10. The number of carbonyl (C=O) groups is 2. The average molecular weight is 355 g/mol. The summed E-state index contributed by atoms with van der Waals surface area (Å²) in [4.78, 5) is 26.9. The molecule has 114 valence electrons. The summed E-state index contributed by atoms with van der Waals surface area (Å²) in [6.45, 7) is 3.79. The Balaban J connectivity index is 1.79. The number of carbonyl (C=O) groups excluding carboxylic acids is 1. The normalized spacial score (nSPS) is 16.0. The Hall–Kier alpha value is -1.40. The van der Waals surface area contributed by atoms with Gasteiger partial charge in [0.15, 0.2) is 0 Å². The van der Waals surface area contributed by atoms with Crippen LogP contribution in [0.2, 0.25) is 0 Å². The van der Waals surface area contributed by atoms with Crippen molar-refractivity contribution in [3.8, 4) is 0 Å². The minimum Gasteiger partial charge on any atom is -0.481 e. The van der Waals surface area contributed by atoms with Crippen LogP contribution >= 0.6 is 15.9 Å². The lowest BCUT2D eigenvalue weighted by Gasteiger charge is -2.34. The maximum atomic E-state index is 12.3. The summed E-state index contributed by atoms with van der Waals surface area (Å²) in [5, 5.41) is 8.63. The largest absolute Gasteiger partial charge is 0.481 e. The smallest absolute Gasteiger partial charge is 0.303 e. The molecule has 1 aliphatic heterocycles. The maximum absolute atomic E-state index is 12.3. The second-order valence-corrected chi connectivity index (χ2v) is 6.05. The van der Waals surface area contributed by atoms with Crippen LogP contribution in [0, 0.1) is 0 Å². The maximum Gasteiger partial charge on any atom is 0.303 e. The molecule has 1 heterocycles. The van der Waals surface area contributed by atoms with Crippen LogP contribution in [0.4, 0.5) is 0 Å². The number of amides is 1. The highest BCUT2D eigenvalue weighted by Gasteiger charge is 2.21. The van der Waals surface area contributed by atoms with E-state index in [0.717, 1.165) is 24.1 Å². The molecule has 6 heteroatoms. The number of piperazine rings is 1. The Morgan fingerprint density at radius 1 is 1.10 bits per heavy atom. The number of nitrogens with zero attached hydrogens (tertiary/aromatic N) is 2. The fourth-order valence-corrected chi connectivity index (χ4v) is 2.67. The van der Waals surface area contributed by atoms with Crippen LogP contribution in [-0.4, -0.2) is 59.5 Å². The zero-order valence-corrected chi connectivity index (χ0v) is 13.4. The van der Waals surface area contributed by atoms with Gasteiger partial charge in [0.25, 0.3) is 5.91 Å². The van der Waals surface area contributed by atoms with Crippen molar-refractivity contribution in [2.45, 2.75) is 12.8 Å². The van der Waals surface area contributed by atoms with Crippen LogP contribution in [0.1, 0.15) is 23.2 Å². The fraction of sp³-hybridized carbons (Fsp3) is 0.467. The van der Waals surface area contributed by atoms with E-state index >= 15 is 0 Å². The standard InChI is InChI=1S/C15H19BrN2O3/c16-13-5-3-12(4-6-13)15(21)18-10-8-17(9-11-18)7-1-2-14(19)20/h3-6H,1-2,7-11H2,(H,19,20). The topological polar surface area (TPSA) is 60.9 Å². The van der Waals surface area contributed by atoms with E-state index in [4.69, 9.17) is 5.11 Å². The second-order valence-electron chi connectivity index (χ2n) is 5.14. The molecule has 0 radical (unpaired) electrons. The molecule has 0 atom stereocenters. The van der Waals surface area contributed by atoms with Gasteiger partial charge in [-0.3, -0.25) is 14.5 Å². The molecule has 21 heavy (non-hydrogen) atoms. The zero-order chi connectivity index (χ0) is 15.2. The molecule has 1 fully saturated rings. The lowest BCUT2D eigenvalue weighted by Crippen LogP contribution is -2.48. The van der Waals surface area contributed by atoms with Gasteiger partial charge in [-0.2, -0.15) is 0 Å². The third kappa shape index (κ3) is 4.82. The van der Waals surface area contributed by atoms with Gasteiger partial charge < -0.3 is 10.0 Å². The molecule has 1 amide bonds. The number of halogens is 1.